The van der Waals surface area contributed by atoms with Gasteiger partial charge in [-0.2, -0.15) is 0 Å². The highest BCUT2D eigenvalue weighted by Crippen LogP contribution is 2.47. The van der Waals surface area contributed by atoms with Crippen molar-refractivity contribution in [2.75, 3.05) is 0 Å². The van der Waals surface area contributed by atoms with Gasteiger partial charge in [0.2, 0.25) is 0 Å². The fourth-order valence-electron chi connectivity index (χ4n) is 2.93. The fourth-order valence-corrected chi connectivity index (χ4v) is 2.93. The van der Waals surface area contributed by atoms with E-state index in [0.29, 0.717) is 0 Å². The molecule has 0 aliphatic heterocycles. The minimum atomic E-state index is 0.860. The van der Waals surface area contributed by atoms with Gasteiger partial charge in [-0.15, -0.1) is 0 Å². The third-order valence-electron chi connectivity index (χ3n) is 4.34. The predicted octanol–water partition coefficient (Wildman–Crippen LogP) is 3.14. The molecule has 68 valence electrons. The SMILES string of the molecule is [B]CCC1C(C)C(C)C(C)C1C. The van der Waals surface area contributed by atoms with Crippen molar-refractivity contribution >= 4 is 7.85 Å². The Balaban J connectivity index is 2.62. The molecule has 0 spiro atoms. The molecule has 4 unspecified atom stereocenters. The summed E-state index contributed by atoms with van der Waals surface area (Å²) in [6, 6.07) is 0. The summed E-state index contributed by atoms with van der Waals surface area (Å²) in [6.45, 7) is 9.57. The molecule has 1 rings (SSSR count). The maximum absolute atomic E-state index is 5.62. The van der Waals surface area contributed by atoms with Crippen molar-refractivity contribution in [3.8, 4) is 0 Å². The first-order valence-corrected chi connectivity index (χ1v) is 5.29. The van der Waals surface area contributed by atoms with Gasteiger partial charge < -0.3 is 0 Å². The van der Waals surface area contributed by atoms with Crippen molar-refractivity contribution in [1.82, 2.24) is 0 Å². The Labute approximate surface area is 78.5 Å². The van der Waals surface area contributed by atoms with Gasteiger partial charge in [-0.05, 0) is 29.6 Å². The van der Waals surface area contributed by atoms with Crippen LogP contribution in [0.15, 0.2) is 0 Å². The van der Waals surface area contributed by atoms with Crippen LogP contribution in [0.5, 0.6) is 0 Å². The third-order valence-corrected chi connectivity index (χ3v) is 4.34. The molecule has 0 aromatic carbocycles. The minimum absolute atomic E-state index is 0.860. The standard InChI is InChI=1S/C11H21B/c1-7-8(2)10(4)11(5-6-12)9(7)3/h7-11H,5-6H2,1-4H3. The van der Waals surface area contributed by atoms with Crippen molar-refractivity contribution in [2.45, 2.75) is 40.4 Å². The Morgan fingerprint density at radius 3 is 1.58 bits per heavy atom. The summed E-state index contributed by atoms with van der Waals surface area (Å²) < 4.78 is 0. The molecule has 1 saturated carbocycles. The molecule has 2 radical (unpaired) electrons. The number of hydrogen-bond acceptors (Lipinski definition) is 0. The second-order valence-electron chi connectivity index (χ2n) is 4.68. The molecule has 0 aromatic rings. The summed E-state index contributed by atoms with van der Waals surface area (Å²) in [7, 11) is 5.62. The largest absolute Gasteiger partial charge is 0.0884 e. The lowest BCUT2D eigenvalue weighted by Crippen LogP contribution is -2.12. The van der Waals surface area contributed by atoms with Crippen molar-refractivity contribution in [3.63, 3.8) is 0 Å². The van der Waals surface area contributed by atoms with Gasteiger partial charge in [0.05, 0.1) is 7.85 Å². The predicted molar refractivity (Wildman–Crippen MR) is 55.3 cm³/mol. The lowest BCUT2D eigenvalue weighted by Gasteiger charge is -2.20. The average Bonchev–Trinajstić information content (AvgIpc) is 2.23. The van der Waals surface area contributed by atoms with E-state index in [0.717, 1.165) is 35.9 Å². The first-order valence-electron chi connectivity index (χ1n) is 5.29. The summed E-state index contributed by atoms with van der Waals surface area (Å²) in [5.74, 6) is 4.39. The van der Waals surface area contributed by atoms with Crippen LogP contribution in [0.25, 0.3) is 0 Å². The molecule has 1 aliphatic rings. The van der Waals surface area contributed by atoms with Crippen LogP contribution >= 0.6 is 0 Å². The minimum Gasteiger partial charge on any atom is -0.0884 e. The van der Waals surface area contributed by atoms with E-state index in [1.54, 1.807) is 0 Å². The van der Waals surface area contributed by atoms with Crippen LogP contribution in [0.4, 0.5) is 0 Å². The zero-order chi connectivity index (χ0) is 9.30. The van der Waals surface area contributed by atoms with Crippen LogP contribution in [-0.4, -0.2) is 7.85 Å². The van der Waals surface area contributed by atoms with Gasteiger partial charge in [-0.25, -0.2) is 0 Å². The van der Waals surface area contributed by atoms with Gasteiger partial charge in [-0.1, -0.05) is 40.4 Å². The maximum Gasteiger partial charge on any atom is 0.0653 e. The van der Waals surface area contributed by atoms with E-state index < -0.39 is 0 Å². The first-order chi connectivity index (χ1) is 5.59. The van der Waals surface area contributed by atoms with Gasteiger partial charge in [0.15, 0.2) is 0 Å². The molecule has 0 nitrogen and oxygen atoms in total. The molecule has 0 saturated heterocycles. The van der Waals surface area contributed by atoms with E-state index in [1.165, 1.54) is 6.42 Å². The van der Waals surface area contributed by atoms with E-state index in [2.05, 4.69) is 27.7 Å². The molecule has 0 heterocycles. The molecule has 1 fully saturated rings. The number of rotatable bonds is 2. The first kappa shape index (κ1) is 10.1. The van der Waals surface area contributed by atoms with Crippen molar-refractivity contribution in [3.05, 3.63) is 0 Å². The number of hydrogen-bond donors (Lipinski definition) is 0. The Bertz CT molecular complexity index is 130. The summed E-state index contributed by atoms with van der Waals surface area (Å²) in [6.07, 6.45) is 2.08. The lowest BCUT2D eigenvalue weighted by molar-refractivity contribution is 0.311. The van der Waals surface area contributed by atoms with Crippen LogP contribution < -0.4 is 0 Å². The van der Waals surface area contributed by atoms with Gasteiger partial charge in [-0.3, -0.25) is 0 Å². The van der Waals surface area contributed by atoms with Crippen molar-refractivity contribution < 1.29 is 0 Å². The molecular formula is C11H21B. The van der Waals surface area contributed by atoms with E-state index in [4.69, 9.17) is 7.85 Å². The molecule has 1 heteroatoms. The Kier molecular flexibility index (Phi) is 3.26. The smallest absolute Gasteiger partial charge is 0.0653 e. The van der Waals surface area contributed by atoms with Gasteiger partial charge >= 0.3 is 0 Å². The van der Waals surface area contributed by atoms with Crippen LogP contribution in [0, 0.1) is 29.6 Å². The Hall–Kier alpha value is 0.0649. The van der Waals surface area contributed by atoms with Crippen molar-refractivity contribution in [1.29, 1.82) is 0 Å². The zero-order valence-electron chi connectivity index (χ0n) is 8.88. The molecule has 0 N–H and O–H groups in total. The van der Waals surface area contributed by atoms with E-state index in [9.17, 15) is 0 Å². The van der Waals surface area contributed by atoms with Crippen LogP contribution in [0.3, 0.4) is 0 Å². The third kappa shape index (κ3) is 1.55. The van der Waals surface area contributed by atoms with Gasteiger partial charge in [0, 0.05) is 0 Å². The van der Waals surface area contributed by atoms with E-state index in [-0.39, 0.29) is 0 Å². The molecule has 0 aromatic heterocycles. The second kappa shape index (κ2) is 3.85. The highest BCUT2D eigenvalue weighted by atomic mass is 14.4. The molecule has 1 aliphatic carbocycles. The molecule has 4 atom stereocenters. The average molecular weight is 164 g/mol. The van der Waals surface area contributed by atoms with Gasteiger partial charge in [0.1, 0.15) is 0 Å². The highest BCUT2D eigenvalue weighted by molar-refractivity contribution is 6.08. The summed E-state index contributed by atoms with van der Waals surface area (Å²) in [5, 5.41) is 0. The summed E-state index contributed by atoms with van der Waals surface area (Å²) in [5.41, 5.74) is 0. The van der Waals surface area contributed by atoms with Crippen LogP contribution in [0.1, 0.15) is 34.1 Å². The fraction of sp³-hybridized carbons (Fsp3) is 1.00. The zero-order valence-corrected chi connectivity index (χ0v) is 8.88. The maximum atomic E-state index is 5.62. The van der Waals surface area contributed by atoms with Crippen LogP contribution in [0.2, 0.25) is 6.32 Å². The molecule has 0 bridgehead atoms. The highest BCUT2D eigenvalue weighted by Gasteiger charge is 2.40. The quantitative estimate of drug-likeness (QED) is 0.550. The monoisotopic (exact) mass is 164 g/mol. The van der Waals surface area contributed by atoms with Gasteiger partial charge in [0.25, 0.3) is 0 Å². The molecule has 12 heavy (non-hydrogen) atoms. The lowest BCUT2D eigenvalue weighted by atomic mass is 9.82. The van der Waals surface area contributed by atoms with Crippen LogP contribution in [-0.2, 0) is 0 Å². The molecular weight excluding hydrogens is 143 g/mol. The summed E-state index contributed by atoms with van der Waals surface area (Å²) >= 11 is 0. The van der Waals surface area contributed by atoms with E-state index >= 15 is 0 Å². The molecule has 0 amide bonds. The Morgan fingerprint density at radius 1 is 0.833 bits per heavy atom. The second-order valence-corrected chi connectivity index (χ2v) is 4.68. The topological polar surface area (TPSA) is 0 Å². The van der Waals surface area contributed by atoms with E-state index in [1.807, 2.05) is 0 Å². The normalized spacial score (nSPS) is 48.2. The Morgan fingerprint density at radius 2 is 1.25 bits per heavy atom. The van der Waals surface area contributed by atoms with Crippen molar-refractivity contribution in [2.24, 2.45) is 29.6 Å². The summed E-state index contributed by atoms with van der Waals surface area (Å²) in [4.78, 5) is 0.